The van der Waals surface area contributed by atoms with Crippen molar-refractivity contribution in [3.8, 4) is 0 Å². The molecule has 5 nitrogen and oxygen atoms in total. The Labute approximate surface area is 180 Å². The highest BCUT2D eigenvalue weighted by Crippen LogP contribution is 2.42. The van der Waals surface area contributed by atoms with E-state index in [-0.39, 0.29) is 24.2 Å². The number of carbonyl (C=O) groups is 2. The van der Waals surface area contributed by atoms with Gasteiger partial charge < -0.3 is 15.5 Å². The lowest BCUT2D eigenvalue weighted by Crippen LogP contribution is -2.54. The van der Waals surface area contributed by atoms with E-state index in [9.17, 15) is 9.59 Å². The predicted molar refractivity (Wildman–Crippen MR) is 117 cm³/mol. The van der Waals surface area contributed by atoms with E-state index in [4.69, 9.17) is 5.73 Å². The Hall–Kier alpha value is -1.59. The first kappa shape index (κ1) is 22.1. The number of fused-ring (bicyclic) bond motifs is 2. The molecule has 2 aliphatic carbocycles. The zero-order valence-corrected chi connectivity index (χ0v) is 18.2. The zero-order valence-electron chi connectivity index (χ0n) is 17.4. The van der Waals surface area contributed by atoms with Crippen LogP contribution in [0.5, 0.6) is 0 Å². The maximum Gasteiger partial charge on any atom is 0.227 e. The third kappa shape index (κ3) is 4.95. The first-order valence-corrected chi connectivity index (χ1v) is 10.9. The fourth-order valence-electron chi connectivity index (χ4n) is 5.42. The van der Waals surface area contributed by atoms with Gasteiger partial charge in [0, 0.05) is 38.1 Å². The van der Waals surface area contributed by atoms with E-state index in [1.54, 1.807) is 0 Å². The maximum absolute atomic E-state index is 13.1. The van der Waals surface area contributed by atoms with E-state index in [0.29, 0.717) is 56.4 Å². The second-order valence-corrected chi connectivity index (χ2v) is 9.07. The first-order valence-electron chi connectivity index (χ1n) is 10.9. The monoisotopic (exact) mass is 419 g/mol. The van der Waals surface area contributed by atoms with Gasteiger partial charge in [-0.05, 0) is 50.0 Å². The third-order valence-electron chi connectivity index (χ3n) is 7.18. The van der Waals surface area contributed by atoms with Gasteiger partial charge in [-0.25, -0.2) is 0 Å². The number of amides is 2. The Balaban J connectivity index is 0.00000240. The van der Waals surface area contributed by atoms with Gasteiger partial charge in [0.15, 0.2) is 0 Å². The molecule has 1 aromatic carbocycles. The lowest BCUT2D eigenvalue weighted by Gasteiger charge is -2.45. The van der Waals surface area contributed by atoms with Gasteiger partial charge in [-0.15, -0.1) is 12.4 Å². The average Bonchev–Trinajstić information content (AvgIpc) is 2.69. The fraction of sp³-hybridized carbons (Fsp3) is 0.652. The van der Waals surface area contributed by atoms with Crippen LogP contribution in [0.15, 0.2) is 24.3 Å². The predicted octanol–water partition coefficient (Wildman–Crippen LogP) is 2.78. The number of hydrogen-bond acceptors (Lipinski definition) is 3. The van der Waals surface area contributed by atoms with Gasteiger partial charge in [0.05, 0.1) is 6.42 Å². The normalized spacial score (nSPS) is 29.2. The van der Waals surface area contributed by atoms with Gasteiger partial charge in [-0.3, -0.25) is 9.59 Å². The summed E-state index contributed by atoms with van der Waals surface area (Å²) >= 11 is 0. The summed E-state index contributed by atoms with van der Waals surface area (Å²) in [5.41, 5.74) is 8.64. The summed E-state index contributed by atoms with van der Waals surface area (Å²) in [5.74, 6) is 1.66. The minimum Gasteiger partial charge on any atom is -0.339 e. The summed E-state index contributed by atoms with van der Waals surface area (Å²) in [6.45, 7) is 4.67. The molecular formula is C23H34ClN3O2. The van der Waals surface area contributed by atoms with Crippen molar-refractivity contribution in [2.45, 2.75) is 51.5 Å². The molecule has 6 heteroatoms. The number of carbonyl (C=O) groups excluding carboxylic acids is 2. The van der Waals surface area contributed by atoms with Crippen LogP contribution in [0, 0.1) is 24.7 Å². The highest BCUT2D eigenvalue weighted by atomic mass is 35.5. The van der Waals surface area contributed by atoms with E-state index < -0.39 is 0 Å². The van der Waals surface area contributed by atoms with Crippen molar-refractivity contribution in [1.29, 1.82) is 0 Å². The molecule has 3 aliphatic rings. The van der Waals surface area contributed by atoms with Gasteiger partial charge in [0.2, 0.25) is 11.8 Å². The molecule has 2 unspecified atom stereocenters. The topological polar surface area (TPSA) is 66.6 Å². The summed E-state index contributed by atoms with van der Waals surface area (Å²) < 4.78 is 0. The number of nitrogens with zero attached hydrogens (tertiary/aromatic N) is 2. The van der Waals surface area contributed by atoms with Crippen LogP contribution in [0.25, 0.3) is 0 Å². The van der Waals surface area contributed by atoms with Gasteiger partial charge in [-0.1, -0.05) is 36.2 Å². The fourth-order valence-corrected chi connectivity index (χ4v) is 5.42. The molecule has 2 bridgehead atoms. The van der Waals surface area contributed by atoms with Crippen molar-refractivity contribution in [1.82, 2.24) is 9.80 Å². The van der Waals surface area contributed by atoms with Crippen LogP contribution in [0.1, 0.15) is 43.2 Å². The van der Waals surface area contributed by atoms with Gasteiger partial charge >= 0.3 is 0 Å². The minimum absolute atomic E-state index is 0. The second kappa shape index (κ2) is 9.48. The number of rotatable bonds is 3. The summed E-state index contributed by atoms with van der Waals surface area (Å²) in [7, 11) is 0. The number of halogens is 1. The van der Waals surface area contributed by atoms with Gasteiger partial charge in [0.1, 0.15) is 0 Å². The average molecular weight is 420 g/mol. The second-order valence-electron chi connectivity index (χ2n) is 9.07. The number of piperazine rings is 1. The molecule has 160 valence electrons. The van der Waals surface area contributed by atoms with Crippen LogP contribution in [0.3, 0.4) is 0 Å². The van der Waals surface area contributed by atoms with E-state index in [1.807, 2.05) is 34.1 Å². The van der Waals surface area contributed by atoms with Crippen LogP contribution in [0.2, 0.25) is 0 Å². The Kier molecular flexibility index (Phi) is 7.23. The maximum atomic E-state index is 13.1. The summed E-state index contributed by atoms with van der Waals surface area (Å²) in [5, 5.41) is 0. The lowest BCUT2D eigenvalue weighted by molar-refractivity contribution is -0.144. The van der Waals surface area contributed by atoms with Crippen LogP contribution in [-0.4, -0.2) is 53.8 Å². The molecule has 0 spiro atoms. The summed E-state index contributed by atoms with van der Waals surface area (Å²) in [4.78, 5) is 29.6. The van der Waals surface area contributed by atoms with Crippen LogP contribution in [0.4, 0.5) is 0 Å². The molecule has 2 N–H and O–H groups in total. The molecule has 2 atom stereocenters. The first-order chi connectivity index (χ1) is 13.5. The van der Waals surface area contributed by atoms with Crippen molar-refractivity contribution in [3.63, 3.8) is 0 Å². The van der Waals surface area contributed by atoms with Crippen LogP contribution >= 0.6 is 12.4 Å². The Bertz CT molecular complexity index is 701. The summed E-state index contributed by atoms with van der Waals surface area (Å²) in [6, 6.07) is 8.44. The largest absolute Gasteiger partial charge is 0.339 e. The molecule has 29 heavy (non-hydrogen) atoms. The molecule has 1 heterocycles. The van der Waals surface area contributed by atoms with Crippen molar-refractivity contribution < 1.29 is 9.59 Å². The third-order valence-corrected chi connectivity index (χ3v) is 7.18. The Morgan fingerprint density at radius 3 is 2.10 bits per heavy atom. The minimum atomic E-state index is 0. The Morgan fingerprint density at radius 1 is 0.966 bits per heavy atom. The van der Waals surface area contributed by atoms with Crippen molar-refractivity contribution in [3.05, 3.63) is 35.4 Å². The standard InChI is InChI=1S/C23H33N3O2.ClH/c1-16-5-7-17(8-6-16)13-21(27)25-9-11-26(12-10-25)23(28)20-14-18-3-2-4-19(15-20)22(18)24;/h5-8,18-20,22H,2-4,9-15,24H2,1H3;1H. The molecule has 2 saturated carbocycles. The van der Waals surface area contributed by atoms with Crippen molar-refractivity contribution in [2.24, 2.45) is 23.5 Å². The lowest BCUT2D eigenvalue weighted by atomic mass is 9.65. The molecule has 0 radical (unpaired) electrons. The molecule has 1 aliphatic heterocycles. The molecule has 1 saturated heterocycles. The highest BCUT2D eigenvalue weighted by molar-refractivity contribution is 5.85. The number of nitrogens with two attached hydrogens (primary N) is 1. The van der Waals surface area contributed by atoms with E-state index in [2.05, 4.69) is 6.92 Å². The van der Waals surface area contributed by atoms with Crippen LogP contribution < -0.4 is 5.73 Å². The van der Waals surface area contributed by atoms with E-state index in [1.165, 1.54) is 24.8 Å². The molecule has 1 aromatic rings. The molecule has 3 fully saturated rings. The van der Waals surface area contributed by atoms with Crippen molar-refractivity contribution in [2.75, 3.05) is 26.2 Å². The molecule has 2 amide bonds. The zero-order chi connectivity index (χ0) is 19.7. The quantitative estimate of drug-likeness (QED) is 0.819. The molecule has 4 rings (SSSR count). The number of hydrogen-bond donors (Lipinski definition) is 1. The summed E-state index contributed by atoms with van der Waals surface area (Å²) in [6.07, 6.45) is 6.00. The highest BCUT2D eigenvalue weighted by Gasteiger charge is 2.42. The molecule has 0 aromatic heterocycles. The SMILES string of the molecule is Cc1ccc(CC(=O)N2CCN(C(=O)C3CC4CCCC(C3)C4N)CC2)cc1.Cl. The number of aryl methyl sites for hydroxylation is 1. The molecular weight excluding hydrogens is 386 g/mol. The van der Waals surface area contributed by atoms with Crippen LogP contribution in [-0.2, 0) is 16.0 Å². The van der Waals surface area contributed by atoms with Crippen molar-refractivity contribution >= 4 is 24.2 Å². The van der Waals surface area contributed by atoms with E-state index >= 15 is 0 Å². The van der Waals surface area contributed by atoms with Gasteiger partial charge in [-0.2, -0.15) is 0 Å². The Morgan fingerprint density at radius 2 is 1.52 bits per heavy atom. The number of benzene rings is 1. The van der Waals surface area contributed by atoms with Gasteiger partial charge in [0.25, 0.3) is 0 Å². The smallest absolute Gasteiger partial charge is 0.227 e. The van der Waals surface area contributed by atoms with E-state index in [0.717, 1.165) is 18.4 Å².